The number of rotatable bonds is 0. The van der Waals surface area contributed by atoms with E-state index in [1.165, 1.54) is 0 Å². The van der Waals surface area contributed by atoms with E-state index >= 15 is 0 Å². The van der Waals surface area contributed by atoms with Gasteiger partial charge >= 0.3 is 212 Å². The molecule has 0 saturated carbocycles. The standard InChI is InChI=1S/CH2O3.4K.O/c2-1(3)4;;;;;/h(H2,2,3,4);;;;;/q;4*+1;-2. The third kappa shape index (κ3) is 57.3. The average Bonchev–Trinajstić information content (AvgIpc) is 0.811. The second kappa shape index (κ2) is 29.2. The van der Waals surface area contributed by atoms with E-state index in [4.69, 9.17) is 15.0 Å². The van der Waals surface area contributed by atoms with Crippen molar-refractivity contribution in [1.29, 1.82) is 0 Å². The van der Waals surface area contributed by atoms with Crippen molar-refractivity contribution in [3.05, 3.63) is 0 Å². The summed E-state index contributed by atoms with van der Waals surface area (Å²) in [5.74, 6) is 0. The van der Waals surface area contributed by atoms with Crippen molar-refractivity contribution in [2.45, 2.75) is 0 Å². The minimum Gasteiger partial charge on any atom is -2.00 e. The van der Waals surface area contributed by atoms with Gasteiger partial charge in [-0.1, -0.05) is 0 Å². The predicted molar refractivity (Wildman–Crippen MR) is 11.3 cm³/mol. The Balaban J connectivity index is -0.00000000450. The van der Waals surface area contributed by atoms with Crippen molar-refractivity contribution in [2.24, 2.45) is 0 Å². The summed E-state index contributed by atoms with van der Waals surface area (Å²) >= 11 is 0. The van der Waals surface area contributed by atoms with Gasteiger partial charge in [-0.2, -0.15) is 0 Å². The molecule has 0 radical (unpaired) electrons. The molecule has 0 aliphatic heterocycles. The van der Waals surface area contributed by atoms with Gasteiger partial charge in [0.2, 0.25) is 0 Å². The van der Waals surface area contributed by atoms with Crippen molar-refractivity contribution in [1.82, 2.24) is 0 Å². The van der Waals surface area contributed by atoms with Gasteiger partial charge in [-0.25, -0.2) is 4.79 Å². The van der Waals surface area contributed by atoms with Crippen LogP contribution < -0.4 is 206 Å². The molecule has 0 atom stereocenters. The summed E-state index contributed by atoms with van der Waals surface area (Å²) in [6, 6.07) is 0. The summed E-state index contributed by atoms with van der Waals surface area (Å²) < 4.78 is 0. The van der Waals surface area contributed by atoms with Crippen molar-refractivity contribution >= 4 is 6.16 Å². The fraction of sp³-hybridized carbons (Fsp3) is 0. The van der Waals surface area contributed by atoms with E-state index in [0.717, 1.165) is 0 Å². The van der Waals surface area contributed by atoms with Crippen LogP contribution in [0, 0.1) is 0 Å². The number of hydrogen-bond acceptors (Lipinski definition) is 1. The van der Waals surface area contributed by atoms with Crippen LogP contribution in [0.15, 0.2) is 0 Å². The molecule has 0 saturated heterocycles. The number of hydrogen-bond donors (Lipinski definition) is 2. The average molecular weight is 234 g/mol. The molecule has 32 valence electrons. The van der Waals surface area contributed by atoms with Crippen molar-refractivity contribution < 1.29 is 226 Å². The molecule has 9 heavy (non-hydrogen) atoms. The van der Waals surface area contributed by atoms with Crippen LogP contribution in [0.2, 0.25) is 0 Å². The molecule has 0 bridgehead atoms. The molecule has 0 unspecified atom stereocenters. The van der Waals surface area contributed by atoms with Crippen LogP contribution >= 0.6 is 0 Å². The Morgan fingerprint density at radius 2 is 0.889 bits per heavy atom. The Morgan fingerprint density at radius 3 is 0.889 bits per heavy atom. The summed E-state index contributed by atoms with van der Waals surface area (Å²) in [7, 11) is 0. The molecule has 0 aromatic heterocycles. The Morgan fingerprint density at radius 1 is 0.889 bits per heavy atom. The molecule has 0 aliphatic carbocycles. The van der Waals surface area contributed by atoms with E-state index in [1.54, 1.807) is 0 Å². The first-order valence-corrected chi connectivity index (χ1v) is 0.651. The van der Waals surface area contributed by atoms with E-state index < -0.39 is 6.16 Å². The van der Waals surface area contributed by atoms with Gasteiger partial charge in [0.05, 0.1) is 0 Å². The Kier molecular flexibility index (Phi) is 118. The SMILES string of the molecule is O=C(O)O.[K+].[K+].[K+].[K+].[O-2]. The molecule has 2 N–H and O–H groups in total. The first-order chi connectivity index (χ1) is 1.73. The predicted octanol–water partition coefficient (Wildman–Crippen LogP) is -11.9. The Labute approximate surface area is 224 Å². The maximum atomic E-state index is 8.56. The van der Waals surface area contributed by atoms with E-state index in [2.05, 4.69) is 0 Å². The van der Waals surface area contributed by atoms with Gasteiger partial charge in [-0.05, 0) is 0 Å². The third-order valence-electron chi connectivity index (χ3n) is 0. The quantitative estimate of drug-likeness (QED) is 0.408. The fourth-order valence-electron chi connectivity index (χ4n) is 0. The zero-order valence-corrected chi connectivity index (χ0v) is 18.7. The maximum Gasteiger partial charge on any atom is 1.00 e. The first kappa shape index (κ1) is 36.4. The van der Waals surface area contributed by atoms with E-state index in [0.29, 0.717) is 0 Å². The summed E-state index contributed by atoms with van der Waals surface area (Å²) in [4.78, 5) is 8.56. The second-order valence-corrected chi connectivity index (χ2v) is 0.283. The summed E-state index contributed by atoms with van der Waals surface area (Å²) in [5, 5.41) is 13.9. The van der Waals surface area contributed by atoms with Gasteiger partial charge in [0.1, 0.15) is 0 Å². The molecule has 0 spiro atoms. The van der Waals surface area contributed by atoms with Crippen LogP contribution in [-0.2, 0) is 5.48 Å². The Bertz CT molecular complexity index is 35.5. The summed E-state index contributed by atoms with van der Waals surface area (Å²) in [6.07, 6.45) is -1.83. The molecular weight excluding hydrogens is 232 g/mol. The summed E-state index contributed by atoms with van der Waals surface area (Å²) in [5.41, 5.74) is 0. The van der Waals surface area contributed by atoms with E-state index in [-0.39, 0.29) is 211 Å². The van der Waals surface area contributed by atoms with Crippen LogP contribution in [0.4, 0.5) is 4.79 Å². The van der Waals surface area contributed by atoms with Crippen molar-refractivity contribution in [3.63, 3.8) is 0 Å². The summed E-state index contributed by atoms with van der Waals surface area (Å²) in [6.45, 7) is 0. The molecule has 0 aliphatic rings. The maximum absolute atomic E-state index is 8.56. The van der Waals surface area contributed by atoms with Crippen molar-refractivity contribution in [3.8, 4) is 0 Å². The monoisotopic (exact) mass is 234 g/mol. The minimum atomic E-state index is -1.83. The Hall–Kier alpha value is 5.78. The van der Waals surface area contributed by atoms with Crippen molar-refractivity contribution in [2.75, 3.05) is 0 Å². The zero-order valence-electron chi connectivity index (χ0n) is 6.21. The van der Waals surface area contributed by atoms with Gasteiger partial charge in [0.25, 0.3) is 0 Å². The molecule has 0 aromatic rings. The molecule has 0 fully saturated rings. The third-order valence-corrected chi connectivity index (χ3v) is 0. The van der Waals surface area contributed by atoms with E-state index in [9.17, 15) is 0 Å². The topological polar surface area (TPSA) is 86.0 Å². The van der Waals surface area contributed by atoms with E-state index in [1.807, 2.05) is 0 Å². The fourth-order valence-corrected chi connectivity index (χ4v) is 0. The van der Waals surface area contributed by atoms with Crippen LogP contribution in [0.5, 0.6) is 0 Å². The van der Waals surface area contributed by atoms with Gasteiger partial charge in [0.15, 0.2) is 0 Å². The van der Waals surface area contributed by atoms with Crippen LogP contribution in [0.25, 0.3) is 0 Å². The molecule has 0 aromatic carbocycles. The van der Waals surface area contributed by atoms with Gasteiger partial charge in [-0.15, -0.1) is 0 Å². The molecule has 0 rings (SSSR count). The zero-order chi connectivity index (χ0) is 3.58. The van der Waals surface area contributed by atoms with Gasteiger partial charge in [0, 0.05) is 0 Å². The normalized spacial score (nSPS) is 2.67. The molecule has 0 amide bonds. The van der Waals surface area contributed by atoms with Crippen LogP contribution in [0.1, 0.15) is 0 Å². The molecule has 4 nitrogen and oxygen atoms in total. The largest absolute Gasteiger partial charge is 2.00 e. The van der Waals surface area contributed by atoms with Gasteiger partial charge < -0.3 is 15.7 Å². The molecule has 8 heteroatoms. The first-order valence-electron chi connectivity index (χ1n) is 0.651. The number of carbonyl (C=O) groups is 1. The number of carboxylic acid groups (broad SMARTS) is 2. The van der Waals surface area contributed by atoms with Gasteiger partial charge in [-0.3, -0.25) is 0 Å². The molecular formula is CH2K4O4+2. The smallest absolute Gasteiger partial charge is 1.00 e. The van der Waals surface area contributed by atoms with Crippen LogP contribution in [-0.4, -0.2) is 16.4 Å². The second-order valence-electron chi connectivity index (χ2n) is 0.283. The van der Waals surface area contributed by atoms with Crippen LogP contribution in [0.3, 0.4) is 0 Å². The minimum absolute atomic E-state index is 0. The molecule has 0 heterocycles.